The van der Waals surface area contributed by atoms with Crippen LogP contribution < -0.4 is 10.2 Å². The predicted molar refractivity (Wildman–Crippen MR) is 131 cm³/mol. The number of aryl methyl sites for hydroxylation is 1. The highest BCUT2D eigenvalue weighted by molar-refractivity contribution is 6.02. The van der Waals surface area contributed by atoms with Crippen LogP contribution in [0.3, 0.4) is 0 Å². The molecule has 1 aromatic heterocycles. The molecule has 4 rings (SSSR count). The van der Waals surface area contributed by atoms with Crippen LogP contribution in [0.4, 0.5) is 5.69 Å². The number of rotatable bonds is 4. The number of nitrogens with one attached hydrogen (secondary N) is 2. The molecule has 0 fully saturated rings. The molecule has 7 heteroatoms. The van der Waals surface area contributed by atoms with Crippen molar-refractivity contribution in [3.8, 4) is 11.8 Å². The molecule has 0 unspecified atom stereocenters. The maximum Gasteiger partial charge on any atom is 0.291 e. The van der Waals surface area contributed by atoms with Gasteiger partial charge in [0.15, 0.2) is 0 Å². The summed E-state index contributed by atoms with van der Waals surface area (Å²) >= 11 is 0. The largest absolute Gasteiger partial charge is 0.337 e. The second-order valence-corrected chi connectivity index (χ2v) is 9.57. The zero-order chi connectivity index (χ0) is 24.3. The van der Waals surface area contributed by atoms with Crippen LogP contribution >= 0.6 is 0 Å². The topological polar surface area (TPSA) is 91.0 Å². The second kappa shape index (κ2) is 9.52. The van der Waals surface area contributed by atoms with Crippen molar-refractivity contribution >= 4 is 17.5 Å². The standard InChI is InChI=1S/C27H29N5O2/c1-27(2,3)15-14-19-10-11-20-12-13-21(26(34)32(4)22(20)16-19)28-25(33)24-29-23(30-31-24)17-18-8-6-5-7-9-18/h5-11,16,21H,12-13,17H2,1-4H3,(H,28,33)(H,29,30,31)/t21-/m0/s1. The van der Waals surface area contributed by atoms with Crippen molar-refractivity contribution in [1.82, 2.24) is 20.5 Å². The van der Waals surface area contributed by atoms with E-state index < -0.39 is 11.9 Å². The van der Waals surface area contributed by atoms with Gasteiger partial charge in [0.2, 0.25) is 11.7 Å². The van der Waals surface area contributed by atoms with Gasteiger partial charge in [-0.15, -0.1) is 5.10 Å². The molecule has 0 bridgehead atoms. The van der Waals surface area contributed by atoms with Gasteiger partial charge in [0, 0.05) is 30.1 Å². The highest BCUT2D eigenvalue weighted by Gasteiger charge is 2.30. The first-order chi connectivity index (χ1) is 16.2. The molecular formula is C27H29N5O2. The van der Waals surface area contributed by atoms with Crippen LogP contribution in [0.25, 0.3) is 0 Å². The molecule has 0 radical (unpaired) electrons. The van der Waals surface area contributed by atoms with Crippen molar-refractivity contribution in [3.05, 3.63) is 76.9 Å². The van der Waals surface area contributed by atoms with E-state index in [1.165, 1.54) is 0 Å². The lowest BCUT2D eigenvalue weighted by atomic mass is 9.97. The maximum absolute atomic E-state index is 13.2. The second-order valence-electron chi connectivity index (χ2n) is 9.57. The molecule has 0 saturated heterocycles. The molecule has 1 atom stereocenters. The third kappa shape index (κ3) is 5.52. The number of carbonyl (C=O) groups excluding carboxylic acids is 2. The van der Waals surface area contributed by atoms with Crippen LogP contribution in [0.2, 0.25) is 0 Å². The Morgan fingerprint density at radius 2 is 1.97 bits per heavy atom. The molecular weight excluding hydrogens is 426 g/mol. The fourth-order valence-electron chi connectivity index (χ4n) is 3.82. The van der Waals surface area contributed by atoms with Crippen LogP contribution in [0.5, 0.6) is 0 Å². The molecule has 1 aliphatic heterocycles. The average molecular weight is 456 g/mol. The fraction of sp³-hybridized carbons (Fsp3) is 0.333. The van der Waals surface area contributed by atoms with Crippen molar-refractivity contribution in [2.45, 2.75) is 46.1 Å². The van der Waals surface area contributed by atoms with Gasteiger partial charge in [-0.25, -0.2) is 4.98 Å². The molecule has 2 N–H and O–H groups in total. The summed E-state index contributed by atoms with van der Waals surface area (Å²) in [6.45, 7) is 6.18. The third-order valence-corrected chi connectivity index (χ3v) is 5.61. The lowest BCUT2D eigenvalue weighted by Crippen LogP contribution is -2.47. The van der Waals surface area contributed by atoms with Gasteiger partial charge in [0.1, 0.15) is 11.9 Å². The van der Waals surface area contributed by atoms with E-state index in [0.717, 1.165) is 22.4 Å². The number of fused-ring (bicyclic) bond motifs is 1. The monoisotopic (exact) mass is 455 g/mol. The SMILES string of the molecule is CN1C(=O)[C@@H](NC(=O)c2n[nH]c(Cc3ccccc3)n2)CCc2ccc(C#CC(C)(C)C)cc21. The number of benzene rings is 2. The normalized spacial score (nSPS) is 15.7. The van der Waals surface area contributed by atoms with Crippen LogP contribution in [0.15, 0.2) is 48.5 Å². The maximum atomic E-state index is 13.2. The van der Waals surface area contributed by atoms with E-state index in [1.807, 2.05) is 48.5 Å². The van der Waals surface area contributed by atoms with Crippen LogP contribution in [0.1, 0.15) is 60.3 Å². The van der Waals surface area contributed by atoms with Crippen molar-refractivity contribution < 1.29 is 9.59 Å². The first-order valence-corrected chi connectivity index (χ1v) is 11.4. The molecule has 7 nitrogen and oxygen atoms in total. The third-order valence-electron chi connectivity index (χ3n) is 5.61. The number of H-pyrrole nitrogens is 1. The van der Waals surface area contributed by atoms with Gasteiger partial charge in [-0.2, -0.15) is 0 Å². The average Bonchev–Trinajstić information content (AvgIpc) is 3.24. The molecule has 3 aromatic rings. The first kappa shape index (κ1) is 23.2. The predicted octanol–water partition coefficient (Wildman–Crippen LogP) is 3.50. The molecule has 0 spiro atoms. The van der Waals surface area contributed by atoms with Crippen LogP contribution in [0, 0.1) is 17.3 Å². The lowest BCUT2D eigenvalue weighted by molar-refractivity contribution is -0.120. The Hall–Kier alpha value is -3.92. The summed E-state index contributed by atoms with van der Waals surface area (Å²) in [5.41, 5.74) is 3.70. The Morgan fingerprint density at radius 3 is 2.71 bits per heavy atom. The van der Waals surface area contributed by atoms with Gasteiger partial charge in [-0.3, -0.25) is 14.7 Å². The zero-order valence-electron chi connectivity index (χ0n) is 20.0. The minimum atomic E-state index is -0.662. The van der Waals surface area contributed by atoms with Crippen molar-refractivity contribution in [2.75, 3.05) is 11.9 Å². The summed E-state index contributed by atoms with van der Waals surface area (Å²) in [5, 5.41) is 9.69. The van der Waals surface area contributed by atoms with E-state index >= 15 is 0 Å². The Bertz CT molecular complexity index is 1260. The molecule has 0 aliphatic carbocycles. The summed E-state index contributed by atoms with van der Waals surface area (Å²) in [6, 6.07) is 15.1. The van der Waals surface area contributed by atoms with Crippen molar-refractivity contribution in [2.24, 2.45) is 5.41 Å². The number of nitrogens with zero attached hydrogens (tertiary/aromatic N) is 3. The Morgan fingerprint density at radius 1 is 1.21 bits per heavy atom. The van der Waals surface area contributed by atoms with E-state index in [0.29, 0.717) is 25.1 Å². The highest BCUT2D eigenvalue weighted by Crippen LogP contribution is 2.27. The molecule has 2 amide bonds. The lowest BCUT2D eigenvalue weighted by Gasteiger charge is -2.22. The summed E-state index contributed by atoms with van der Waals surface area (Å²) < 4.78 is 0. The van der Waals surface area contributed by atoms with Gasteiger partial charge in [0.25, 0.3) is 5.91 Å². The number of anilines is 1. The Labute approximate surface area is 200 Å². The molecule has 2 aromatic carbocycles. The minimum Gasteiger partial charge on any atom is -0.337 e. The van der Waals surface area contributed by atoms with Crippen LogP contribution in [-0.4, -0.2) is 40.1 Å². The zero-order valence-corrected chi connectivity index (χ0v) is 20.0. The number of amides is 2. The molecule has 2 heterocycles. The number of aromatic amines is 1. The van der Waals surface area contributed by atoms with E-state index in [-0.39, 0.29) is 17.1 Å². The van der Waals surface area contributed by atoms with Gasteiger partial charge in [0.05, 0.1) is 0 Å². The first-order valence-electron chi connectivity index (χ1n) is 11.4. The number of hydrogen-bond acceptors (Lipinski definition) is 4. The van der Waals surface area contributed by atoms with Gasteiger partial charge >= 0.3 is 0 Å². The number of carbonyl (C=O) groups is 2. The summed E-state index contributed by atoms with van der Waals surface area (Å²) in [4.78, 5) is 31.9. The fourth-order valence-corrected chi connectivity index (χ4v) is 3.82. The van der Waals surface area contributed by atoms with E-state index in [1.54, 1.807) is 11.9 Å². The van der Waals surface area contributed by atoms with E-state index in [4.69, 9.17) is 0 Å². The molecule has 174 valence electrons. The summed E-state index contributed by atoms with van der Waals surface area (Å²) in [6.07, 6.45) is 1.70. The number of likely N-dealkylation sites (N-methyl/N-ethyl adjacent to an activating group) is 1. The Kier molecular flexibility index (Phi) is 6.51. The quantitative estimate of drug-likeness (QED) is 0.589. The number of aromatic nitrogens is 3. The summed E-state index contributed by atoms with van der Waals surface area (Å²) in [7, 11) is 1.73. The van der Waals surface area contributed by atoms with Gasteiger partial charge in [-0.05, 0) is 56.9 Å². The van der Waals surface area contributed by atoms with Gasteiger partial charge < -0.3 is 10.2 Å². The number of hydrogen-bond donors (Lipinski definition) is 2. The van der Waals surface area contributed by atoms with Gasteiger partial charge in [-0.1, -0.05) is 48.2 Å². The van der Waals surface area contributed by atoms with E-state index in [2.05, 4.69) is 53.1 Å². The smallest absolute Gasteiger partial charge is 0.291 e. The molecule has 1 aliphatic rings. The summed E-state index contributed by atoms with van der Waals surface area (Å²) in [5.74, 6) is 6.41. The highest BCUT2D eigenvalue weighted by atomic mass is 16.2. The Balaban J connectivity index is 1.46. The van der Waals surface area contributed by atoms with Crippen molar-refractivity contribution in [3.63, 3.8) is 0 Å². The van der Waals surface area contributed by atoms with Crippen LogP contribution in [-0.2, 0) is 17.6 Å². The van der Waals surface area contributed by atoms with Crippen molar-refractivity contribution in [1.29, 1.82) is 0 Å². The minimum absolute atomic E-state index is 0.0305. The molecule has 34 heavy (non-hydrogen) atoms. The molecule has 0 saturated carbocycles. The van der Waals surface area contributed by atoms with E-state index in [9.17, 15) is 9.59 Å².